The highest BCUT2D eigenvalue weighted by Gasteiger charge is 2.32. The standard InChI is InChI=1S/C33H33N3O3/c1-5-27(25-12-7-6-8-13-25)32(37)35(21-26-14-11-19-39-26)24(4)31-34-29-16-10-9-15-28(29)33(38)36(31)30-18-17-22(2)20-23(30)3/h6-20,24,27H,5,21H2,1-4H3. The molecule has 5 aromatic rings. The van der Waals surface area contributed by atoms with Crippen LogP contribution in [0.4, 0.5) is 0 Å². The van der Waals surface area contributed by atoms with Crippen LogP contribution in [0, 0.1) is 13.8 Å². The molecule has 198 valence electrons. The second-order valence-corrected chi connectivity index (χ2v) is 10.0. The smallest absolute Gasteiger partial charge is 0.266 e. The van der Waals surface area contributed by atoms with Crippen LogP contribution in [0.15, 0.2) is 100 Å². The van der Waals surface area contributed by atoms with Crippen LogP contribution in [0.3, 0.4) is 0 Å². The number of carbonyl (C=O) groups excluding carboxylic acids is 1. The largest absolute Gasteiger partial charge is 0.467 e. The van der Waals surface area contributed by atoms with Gasteiger partial charge in [0.05, 0.1) is 41.4 Å². The molecule has 0 aliphatic rings. The van der Waals surface area contributed by atoms with Crippen LogP contribution in [0.1, 0.15) is 60.5 Å². The Morgan fingerprint density at radius 2 is 1.72 bits per heavy atom. The highest BCUT2D eigenvalue weighted by Crippen LogP contribution is 2.31. The number of carbonyl (C=O) groups is 1. The maximum atomic E-state index is 14.3. The van der Waals surface area contributed by atoms with Crippen LogP contribution in [0.2, 0.25) is 0 Å². The topological polar surface area (TPSA) is 68.3 Å². The fourth-order valence-corrected chi connectivity index (χ4v) is 5.27. The van der Waals surface area contributed by atoms with Gasteiger partial charge >= 0.3 is 0 Å². The van der Waals surface area contributed by atoms with E-state index in [1.54, 1.807) is 21.8 Å². The number of hydrogen-bond acceptors (Lipinski definition) is 4. The summed E-state index contributed by atoms with van der Waals surface area (Å²) < 4.78 is 7.35. The minimum Gasteiger partial charge on any atom is -0.467 e. The maximum absolute atomic E-state index is 14.3. The van der Waals surface area contributed by atoms with Crippen molar-refractivity contribution in [1.82, 2.24) is 14.5 Å². The molecule has 0 saturated heterocycles. The van der Waals surface area contributed by atoms with Gasteiger partial charge in [0.1, 0.15) is 11.6 Å². The monoisotopic (exact) mass is 519 g/mol. The van der Waals surface area contributed by atoms with E-state index in [2.05, 4.69) is 6.07 Å². The van der Waals surface area contributed by atoms with Crippen LogP contribution in [-0.4, -0.2) is 20.4 Å². The van der Waals surface area contributed by atoms with Gasteiger partial charge in [-0.3, -0.25) is 14.2 Å². The molecule has 0 radical (unpaired) electrons. The zero-order valence-electron chi connectivity index (χ0n) is 22.8. The lowest BCUT2D eigenvalue weighted by Gasteiger charge is -2.33. The predicted molar refractivity (Wildman–Crippen MR) is 154 cm³/mol. The number of para-hydroxylation sites is 1. The van der Waals surface area contributed by atoms with Crippen LogP contribution >= 0.6 is 0 Å². The third kappa shape index (κ3) is 5.15. The summed E-state index contributed by atoms with van der Waals surface area (Å²) >= 11 is 0. The number of benzene rings is 3. The van der Waals surface area contributed by atoms with E-state index in [1.165, 1.54) is 0 Å². The summed E-state index contributed by atoms with van der Waals surface area (Å²) in [6, 6.07) is 26.3. The van der Waals surface area contributed by atoms with Gasteiger partial charge < -0.3 is 9.32 Å². The number of nitrogens with zero attached hydrogens (tertiary/aromatic N) is 3. The average Bonchev–Trinajstić information content (AvgIpc) is 3.46. The highest BCUT2D eigenvalue weighted by atomic mass is 16.3. The van der Waals surface area contributed by atoms with E-state index in [1.807, 2.05) is 100 Å². The molecule has 0 aliphatic heterocycles. The first-order valence-corrected chi connectivity index (χ1v) is 13.4. The van der Waals surface area contributed by atoms with E-state index in [9.17, 15) is 9.59 Å². The van der Waals surface area contributed by atoms with Crippen LogP contribution in [0.25, 0.3) is 16.6 Å². The predicted octanol–water partition coefficient (Wildman–Crippen LogP) is 6.88. The van der Waals surface area contributed by atoms with Crippen LogP contribution in [0.5, 0.6) is 0 Å². The van der Waals surface area contributed by atoms with E-state index in [-0.39, 0.29) is 23.9 Å². The summed E-state index contributed by atoms with van der Waals surface area (Å²) in [6.45, 7) is 8.23. The van der Waals surface area contributed by atoms with E-state index in [0.717, 1.165) is 22.4 Å². The Bertz CT molecular complexity index is 1660. The van der Waals surface area contributed by atoms with Crippen molar-refractivity contribution in [2.75, 3.05) is 0 Å². The molecular weight excluding hydrogens is 486 g/mol. The molecule has 5 rings (SSSR count). The van der Waals surface area contributed by atoms with Gasteiger partial charge in [-0.15, -0.1) is 0 Å². The molecule has 2 unspecified atom stereocenters. The lowest BCUT2D eigenvalue weighted by atomic mass is 9.94. The van der Waals surface area contributed by atoms with Gasteiger partial charge in [0.25, 0.3) is 5.56 Å². The summed E-state index contributed by atoms with van der Waals surface area (Å²) in [5.41, 5.74) is 4.23. The first-order valence-electron chi connectivity index (χ1n) is 13.4. The van der Waals surface area contributed by atoms with E-state index in [0.29, 0.717) is 28.9 Å². The quantitative estimate of drug-likeness (QED) is 0.224. The molecule has 3 aromatic carbocycles. The van der Waals surface area contributed by atoms with Gasteiger partial charge in [-0.1, -0.05) is 67.1 Å². The molecule has 2 heterocycles. The van der Waals surface area contributed by atoms with E-state index in [4.69, 9.17) is 9.40 Å². The minimum absolute atomic E-state index is 0.0396. The lowest BCUT2D eigenvalue weighted by molar-refractivity contribution is -0.136. The molecule has 0 N–H and O–H groups in total. The summed E-state index contributed by atoms with van der Waals surface area (Å²) in [4.78, 5) is 35.1. The van der Waals surface area contributed by atoms with Crippen molar-refractivity contribution in [3.63, 3.8) is 0 Å². The zero-order valence-corrected chi connectivity index (χ0v) is 22.8. The Kier molecular flexibility index (Phi) is 7.46. The van der Waals surface area contributed by atoms with Gasteiger partial charge in [-0.2, -0.15) is 0 Å². The number of fused-ring (bicyclic) bond motifs is 1. The molecule has 0 aliphatic carbocycles. The molecule has 6 nitrogen and oxygen atoms in total. The molecule has 2 aromatic heterocycles. The lowest BCUT2D eigenvalue weighted by Crippen LogP contribution is -2.39. The van der Waals surface area contributed by atoms with E-state index < -0.39 is 6.04 Å². The summed E-state index contributed by atoms with van der Waals surface area (Å²) in [5.74, 6) is 0.792. The van der Waals surface area contributed by atoms with Crippen LogP contribution in [-0.2, 0) is 11.3 Å². The number of hydrogen-bond donors (Lipinski definition) is 0. The van der Waals surface area contributed by atoms with Crippen molar-refractivity contribution in [1.29, 1.82) is 0 Å². The molecular formula is C33H33N3O3. The molecule has 39 heavy (non-hydrogen) atoms. The molecule has 0 spiro atoms. The second-order valence-electron chi connectivity index (χ2n) is 10.0. The minimum atomic E-state index is -0.529. The molecule has 1 amide bonds. The fraction of sp³-hybridized carbons (Fsp3) is 0.242. The SMILES string of the molecule is CCC(C(=O)N(Cc1ccco1)C(C)c1nc2ccccc2c(=O)n1-c1ccc(C)cc1C)c1ccccc1. The molecule has 0 saturated carbocycles. The molecule has 0 fully saturated rings. The van der Waals surface area contributed by atoms with Crippen molar-refractivity contribution in [2.24, 2.45) is 0 Å². The molecule has 6 heteroatoms. The fourth-order valence-electron chi connectivity index (χ4n) is 5.27. The molecule has 2 atom stereocenters. The van der Waals surface area contributed by atoms with Crippen molar-refractivity contribution >= 4 is 16.8 Å². The molecule has 0 bridgehead atoms. The third-order valence-electron chi connectivity index (χ3n) is 7.33. The van der Waals surface area contributed by atoms with Gasteiger partial charge in [-0.05, 0) is 68.7 Å². The first-order chi connectivity index (χ1) is 18.9. The van der Waals surface area contributed by atoms with E-state index >= 15 is 0 Å². The number of rotatable bonds is 8. The number of amides is 1. The Hall–Kier alpha value is -4.45. The van der Waals surface area contributed by atoms with Gasteiger partial charge in [-0.25, -0.2) is 4.98 Å². The summed E-state index contributed by atoms with van der Waals surface area (Å²) in [5, 5.41) is 0.535. The van der Waals surface area contributed by atoms with Gasteiger partial charge in [0.2, 0.25) is 5.91 Å². The highest BCUT2D eigenvalue weighted by molar-refractivity contribution is 5.84. The van der Waals surface area contributed by atoms with Crippen LogP contribution < -0.4 is 5.56 Å². The number of aromatic nitrogens is 2. The first kappa shape index (κ1) is 26.2. The summed E-state index contributed by atoms with van der Waals surface area (Å²) in [6.07, 6.45) is 2.25. The number of aryl methyl sites for hydroxylation is 2. The Balaban J connectivity index is 1.70. The number of furan rings is 1. The van der Waals surface area contributed by atoms with Crippen molar-refractivity contribution < 1.29 is 9.21 Å². The van der Waals surface area contributed by atoms with Gasteiger partial charge in [0, 0.05) is 0 Å². The Labute approximate surface area is 228 Å². The average molecular weight is 520 g/mol. The third-order valence-corrected chi connectivity index (χ3v) is 7.33. The van der Waals surface area contributed by atoms with Crippen molar-refractivity contribution in [3.8, 4) is 5.69 Å². The van der Waals surface area contributed by atoms with Crippen molar-refractivity contribution in [2.45, 2.75) is 52.6 Å². The Morgan fingerprint density at radius 1 is 0.974 bits per heavy atom. The normalized spacial score (nSPS) is 12.8. The maximum Gasteiger partial charge on any atom is 0.266 e. The second kappa shape index (κ2) is 11.1. The zero-order chi connectivity index (χ0) is 27.5. The Morgan fingerprint density at radius 3 is 2.41 bits per heavy atom. The summed E-state index contributed by atoms with van der Waals surface area (Å²) in [7, 11) is 0. The van der Waals surface area contributed by atoms with Crippen molar-refractivity contribution in [3.05, 3.63) is 130 Å². The van der Waals surface area contributed by atoms with Gasteiger partial charge in [0.15, 0.2) is 0 Å².